The van der Waals surface area contributed by atoms with Crippen molar-refractivity contribution in [1.29, 1.82) is 0 Å². The molecule has 4 nitrogen and oxygen atoms in total. The van der Waals surface area contributed by atoms with Crippen molar-refractivity contribution in [3.63, 3.8) is 0 Å². The van der Waals surface area contributed by atoms with E-state index in [1.165, 1.54) is 18.2 Å². The van der Waals surface area contributed by atoms with Gasteiger partial charge in [0.05, 0.1) is 0 Å². The second kappa shape index (κ2) is 6.03. The summed E-state index contributed by atoms with van der Waals surface area (Å²) in [5.41, 5.74) is 0.348. The molecular formula is C15H19FN2O2. The van der Waals surface area contributed by atoms with Crippen LogP contribution >= 0.6 is 0 Å². The fourth-order valence-electron chi connectivity index (χ4n) is 2.23. The SMILES string of the molecule is CC(C)C(=O)N[C@@H]1CCN(C(=O)c2cccc(F)c2)C1. The molecule has 0 aromatic heterocycles. The number of rotatable bonds is 3. The number of carbonyl (C=O) groups is 2. The van der Waals surface area contributed by atoms with Gasteiger partial charge in [-0.2, -0.15) is 0 Å². The minimum atomic E-state index is -0.417. The molecular weight excluding hydrogens is 259 g/mol. The Balaban J connectivity index is 1.96. The van der Waals surface area contributed by atoms with Crippen LogP contribution in [0.4, 0.5) is 4.39 Å². The summed E-state index contributed by atoms with van der Waals surface area (Å²) < 4.78 is 13.1. The predicted molar refractivity (Wildman–Crippen MR) is 73.7 cm³/mol. The molecule has 0 unspecified atom stereocenters. The number of nitrogens with one attached hydrogen (secondary N) is 1. The number of likely N-dealkylation sites (tertiary alicyclic amines) is 1. The molecule has 0 radical (unpaired) electrons. The van der Waals surface area contributed by atoms with E-state index in [1.807, 2.05) is 13.8 Å². The lowest BCUT2D eigenvalue weighted by Gasteiger charge is -2.18. The third-order valence-corrected chi connectivity index (χ3v) is 3.42. The number of halogens is 1. The summed E-state index contributed by atoms with van der Waals surface area (Å²) in [6.45, 7) is 4.73. The molecule has 0 bridgehead atoms. The van der Waals surface area contributed by atoms with E-state index in [0.717, 1.165) is 6.42 Å². The van der Waals surface area contributed by atoms with E-state index in [0.29, 0.717) is 18.7 Å². The fourth-order valence-corrected chi connectivity index (χ4v) is 2.23. The highest BCUT2D eigenvalue weighted by molar-refractivity contribution is 5.94. The first-order valence-electron chi connectivity index (χ1n) is 6.82. The van der Waals surface area contributed by atoms with Gasteiger partial charge in [0.2, 0.25) is 5.91 Å². The number of amides is 2. The summed E-state index contributed by atoms with van der Waals surface area (Å²) in [6, 6.07) is 5.67. The zero-order valence-corrected chi connectivity index (χ0v) is 11.7. The van der Waals surface area contributed by atoms with Gasteiger partial charge in [-0.25, -0.2) is 4.39 Å². The van der Waals surface area contributed by atoms with E-state index in [4.69, 9.17) is 0 Å². The highest BCUT2D eigenvalue weighted by Crippen LogP contribution is 2.15. The first-order valence-corrected chi connectivity index (χ1v) is 6.82. The zero-order valence-electron chi connectivity index (χ0n) is 11.7. The lowest BCUT2D eigenvalue weighted by molar-refractivity contribution is -0.124. The highest BCUT2D eigenvalue weighted by atomic mass is 19.1. The zero-order chi connectivity index (χ0) is 14.7. The molecule has 1 fully saturated rings. The molecule has 1 aliphatic heterocycles. The van der Waals surface area contributed by atoms with Crippen LogP contribution in [0.25, 0.3) is 0 Å². The van der Waals surface area contributed by atoms with Crippen molar-refractivity contribution in [3.8, 4) is 0 Å². The third-order valence-electron chi connectivity index (χ3n) is 3.42. The van der Waals surface area contributed by atoms with Crippen molar-refractivity contribution in [2.45, 2.75) is 26.3 Å². The van der Waals surface area contributed by atoms with Gasteiger partial charge in [0.15, 0.2) is 0 Å². The number of hydrogen-bond donors (Lipinski definition) is 1. The number of hydrogen-bond acceptors (Lipinski definition) is 2. The van der Waals surface area contributed by atoms with E-state index in [1.54, 1.807) is 11.0 Å². The van der Waals surface area contributed by atoms with E-state index in [9.17, 15) is 14.0 Å². The topological polar surface area (TPSA) is 49.4 Å². The molecule has 1 saturated heterocycles. The van der Waals surface area contributed by atoms with Crippen molar-refractivity contribution < 1.29 is 14.0 Å². The van der Waals surface area contributed by atoms with Gasteiger partial charge < -0.3 is 10.2 Å². The molecule has 1 heterocycles. The summed E-state index contributed by atoms with van der Waals surface area (Å²) in [7, 11) is 0. The van der Waals surface area contributed by atoms with Gasteiger partial charge in [0, 0.05) is 30.6 Å². The van der Waals surface area contributed by atoms with Crippen molar-refractivity contribution in [1.82, 2.24) is 10.2 Å². The van der Waals surface area contributed by atoms with Crippen LogP contribution in [0.15, 0.2) is 24.3 Å². The van der Waals surface area contributed by atoms with Crippen molar-refractivity contribution in [2.24, 2.45) is 5.92 Å². The Kier molecular flexibility index (Phi) is 4.37. The van der Waals surface area contributed by atoms with Gasteiger partial charge in [-0.3, -0.25) is 9.59 Å². The monoisotopic (exact) mass is 278 g/mol. The summed E-state index contributed by atoms with van der Waals surface area (Å²) in [5, 5.41) is 2.92. The van der Waals surface area contributed by atoms with Crippen molar-refractivity contribution in [3.05, 3.63) is 35.6 Å². The third kappa shape index (κ3) is 3.35. The van der Waals surface area contributed by atoms with Crippen LogP contribution in [0.3, 0.4) is 0 Å². The smallest absolute Gasteiger partial charge is 0.254 e. The molecule has 20 heavy (non-hydrogen) atoms. The summed E-state index contributed by atoms with van der Waals surface area (Å²) in [5.74, 6) is -0.677. The molecule has 0 saturated carbocycles. The second-order valence-electron chi connectivity index (χ2n) is 5.41. The summed E-state index contributed by atoms with van der Waals surface area (Å²) in [4.78, 5) is 25.5. The minimum absolute atomic E-state index is 0.00458. The number of benzene rings is 1. The molecule has 1 aromatic carbocycles. The van der Waals surface area contributed by atoms with Gasteiger partial charge in [0.25, 0.3) is 5.91 Å². The Morgan fingerprint density at radius 1 is 1.40 bits per heavy atom. The van der Waals surface area contributed by atoms with Gasteiger partial charge >= 0.3 is 0 Å². The maximum Gasteiger partial charge on any atom is 0.254 e. The first kappa shape index (κ1) is 14.5. The van der Waals surface area contributed by atoms with E-state index >= 15 is 0 Å². The van der Waals surface area contributed by atoms with E-state index in [2.05, 4.69) is 5.32 Å². The second-order valence-corrected chi connectivity index (χ2v) is 5.41. The van der Waals surface area contributed by atoms with Crippen LogP contribution in [-0.2, 0) is 4.79 Å². The van der Waals surface area contributed by atoms with Crippen molar-refractivity contribution in [2.75, 3.05) is 13.1 Å². The molecule has 5 heteroatoms. The molecule has 0 spiro atoms. The van der Waals surface area contributed by atoms with Crippen molar-refractivity contribution >= 4 is 11.8 Å². The predicted octanol–water partition coefficient (Wildman–Crippen LogP) is 1.81. The van der Waals surface area contributed by atoms with Gasteiger partial charge in [0.1, 0.15) is 5.82 Å². The van der Waals surface area contributed by atoms with Crippen LogP contribution in [0.2, 0.25) is 0 Å². The van der Waals surface area contributed by atoms with Crippen LogP contribution in [-0.4, -0.2) is 35.8 Å². The largest absolute Gasteiger partial charge is 0.351 e. The molecule has 1 N–H and O–H groups in total. The molecule has 108 valence electrons. The molecule has 1 aliphatic rings. The Morgan fingerprint density at radius 2 is 2.15 bits per heavy atom. The summed E-state index contributed by atoms with van der Waals surface area (Å²) in [6.07, 6.45) is 0.736. The minimum Gasteiger partial charge on any atom is -0.351 e. The molecule has 2 rings (SSSR count). The Hall–Kier alpha value is -1.91. The molecule has 0 aliphatic carbocycles. The number of carbonyl (C=O) groups excluding carboxylic acids is 2. The molecule has 1 aromatic rings. The lowest BCUT2D eigenvalue weighted by atomic mass is 10.2. The van der Waals surface area contributed by atoms with Crippen LogP contribution in [0.1, 0.15) is 30.6 Å². The van der Waals surface area contributed by atoms with Gasteiger partial charge in [-0.15, -0.1) is 0 Å². The lowest BCUT2D eigenvalue weighted by Crippen LogP contribution is -2.40. The van der Waals surface area contributed by atoms with Crippen LogP contribution in [0.5, 0.6) is 0 Å². The van der Waals surface area contributed by atoms with E-state index < -0.39 is 5.82 Å². The summed E-state index contributed by atoms with van der Waals surface area (Å²) >= 11 is 0. The quantitative estimate of drug-likeness (QED) is 0.916. The fraction of sp³-hybridized carbons (Fsp3) is 0.467. The Bertz CT molecular complexity index is 516. The average Bonchev–Trinajstić information content (AvgIpc) is 2.86. The molecule has 2 amide bonds. The van der Waals surface area contributed by atoms with E-state index in [-0.39, 0.29) is 23.8 Å². The number of nitrogens with zero attached hydrogens (tertiary/aromatic N) is 1. The molecule has 1 atom stereocenters. The standard InChI is InChI=1S/C15H19FN2O2/c1-10(2)14(19)17-13-6-7-18(9-13)15(20)11-4-3-5-12(16)8-11/h3-5,8,10,13H,6-7,9H2,1-2H3,(H,17,19)/t13-/m1/s1. The maximum atomic E-state index is 13.1. The van der Waals surface area contributed by atoms with Gasteiger partial charge in [-0.1, -0.05) is 19.9 Å². The first-order chi connectivity index (χ1) is 9.47. The average molecular weight is 278 g/mol. The highest BCUT2D eigenvalue weighted by Gasteiger charge is 2.28. The normalized spacial score (nSPS) is 18.4. The van der Waals surface area contributed by atoms with Gasteiger partial charge in [-0.05, 0) is 24.6 Å². The maximum absolute atomic E-state index is 13.1. The Labute approximate surface area is 118 Å². The van der Waals surface area contributed by atoms with Crippen LogP contribution in [0, 0.1) is 11.7 Å². The Morgan fingerprint density at radius 3 is 2.80 bits per heavy atom. The van der Waals surface area contributed by atoms with Crippen LogP contribution < -0.4 is 5.32 Å².